The van der Waals surface area contributed by atoms with Crippen molar-refractivity contribution < 1.29 is 19.1 Å². The standard InChI is InChI=1S/C35H31NO4.ClH/c1-24-8-13-28(14-9-24)34(37)39-32-21-30-17-12-26(18-19-36-23-27-6-4-3-5-7-27)20-31(30)22-33(32)40-35(38)29-15-10-25(2)11-16-29;/h3-17,20-22,36H,18-19,23H2,1-2H3;1H. The van der Waals surface area contributed by atoms with Gasteiger partial charge in [-0.3, -0.25) is 0 Å². The molecule has 0 bridgehead atoms. The van der Waals surface area contributed by atoms with E-state index in [1.165, 1.54) is 5.56 Å². The zero-order chi connectivity index (χ0) is 27.9. The van der Waals surface area contributed by atoms with Gasteiger partial charge in [-0.25, -0.2) is 9.59 Å². The number of halogens is 1. The molecule has 0 atom stereocenters. The highest BCUT2D eigenvalue weighted by molar-refractivity contribution is 5.95. The van der Waals surface area contributed by atoms with Crippen LogP contribution in [0.15, 0.2) is 109 Å². The highest BCUT2D eigenvalue weighted by Crippen LogP contribution is 2.34. The summed E-state index contributed by atoms with van der Waals surface area (Å²) in [6.45, 7) is 5.54. The molecule has 0 aliphatic carbocycles. The molecule has 41 heavy (non-hydrogen) atoms. The molecule has 0 saturated heterocycles. The van der Waals surface area contributed by atoms with Crippen LogP contribution in [0, 0.1) is 13.8 Å². The van der Waals surface area contributed by atoms with Gasteiger partial charge in [0.25, 0.3) is 0 Å². The second-order valence-corrected chi connectivity index (χ2v) is 9.90. The van der Waals surface area contributed by atoms with Crippen LogP contribution in [-0.4, -0.2) is 18.5 Å². The molecule has 0 amide bonds. The lowest BCUT2D eigenvalue weighted by Crippen LogP contribution is -2.16. The lowest BCUT2D eigenvalue weighted by molar-refractivity contribution is 0.0683. The first kappa shape index (κ1) is 29.5. The van der Waals surface area contributed by atoms with Crippen LogP contribution in [0.4, 0.5) is 0 Å². The average molecular weight is 566 g/mol. The van der Waals surface area contributed by atoms with Gasteiger partial charge in [0.2, 0.25) is 0 Å². The molecular weight excluding hydrogens is 534 g/mol. The Morgan fingerprint density at radius 3 is 1.71 bits per heavy atom. The summed E-state index contributed by atoms with van der Waals surface area (Å²) in [6, 6.07) is 34.2. The molecule has 0 radical (unpaired) electrons. The number of benzene rings is 5. The number of esters is 2. The van der Waals surface area contributed by atoms with Crippen molar-refractivity contribution in [2.24, 2.45) is 0 Å². The first-order valence-corrected chi connectivity index (χ1v) is 13.3. The third kappa shape index (κ3) is 7.82. The van der Waals surface area contributed by atoms with Crippen LogP contribution in [0.5, 0.6) is 11.5 Å². The first-order valence-electron chi connectivity index (χ1n) is 13.3. The summed E-state index contributed by atoms with van der Waals surface area (Å²) >= 11 is 0. The van der Waals surface area contributed by atoms with Gasteiger partial charge in [0.05, 0.1) is 11.1 Å². The van der Waals surface area contributed by atoms with Gasteiger partial charge in [-0.05, 0) is 85.1 Å². The minimum absolute atomic E-state index is 0. The molecule has 5 aromatic carbocycles. The zero-order valence-corrected chi connectivity index (χ0v) is 23.9. The van der Waals surface area contributed by atoms with Crippen molar-refractivity contribution in [1.82, 2.24) is 5.32 Å². The number of ether oxygens (including phenoxy) is 2. The molecule has 208 valence electrons. The Morgan fingerprint density at radius 1 is 0.610 bits per heavy atom. The first-order chi connectivity index (χ1) is 19.4. The van der Waals surface area contributed by atoms with Gasteiger partial charge in [0.15, 0.2) is 11.5 Å². The summed E-state index contributed by atoms with van der Waals surface area (Å²) in [6.07, 6.45) is 0.839. The summed E-state index contributed by atoms with van der Waals surface area (Å²) in [5, 5.41) is 5.25. The number of nitrogens with one attached hydrogen (secondary N) is 1. The Morgan fingerprint density at radius 2 is 1.15 bits per heavy atom. The van der Waals surface area contributed by atoms with E-state index in [4.69, 9.17) is 9.47 Å². The maximum absolute atomic E-state index is 13.0. The summed E-state index contributed by atoms with van der Waals surface area (Å²) in [4.78, 5) is 25.9. The number of fused-ring (bicyclic) bond motifs is 1. The Balaban J connectivity index is 0.00000387. The molecule has 5 rings (SSSR count). The highest BCUT2D eigenvalue weighted by Gasteiger charge is 2.18. The maximum Gasteiger partial charge on any atom is 0.343 e. The second-order valence-electron chi connectivity index (χ2n) is 9.90. The number of aryl methyl sites for hydroxylation is 2. The van der Waals surface area contributed by atoms with E-state index in [0.717, 1.165) is 47.0 Å². The van der Waals surface area contributed by atoms with Crippen LogP contribution in [0.25, 0.3) is 10.8 Å². The van der Waals surface area contributed by atoms with E-state index in [1.807, 2.05) is 62.4 Å². The number of carbonyl (C=O) groups excluding carboxylic acids is 2. The third-order valence-electron chi connectivity index (χ3n) is 6.71. The molecule has 0 aliphatic heterocycles. The number of carbonyl (C=O) groups is 2. The van der Waals surface area contributed by atoms with Gasteiger partial charge in [-0.2, -0.15) is 0 Å². The van der Waals surface area contributed by atoms with Gasteiger partial charge in [0.1, 0.15) is 0 Å². The maximum atomic E-state index is 13.0. The fraction of sp³-hybridized carbons (Fsp3) is 0.143. The van der Waals surface area contributed by atoms with E-state index in [0.29, 0.717) is 11.1 Å². The molecule has 0 spiro atoms. The minimum Gasteiger partial charge on any atom is -0.419 e. The van der Waals surface area contributed by atoms with Gasteiger partial charge < -0.3 is 14.8 Å². The number of hydrogen-bond acceptors (Lipinski definition) is 5. The van der Waals surface area contributed by atoms with Crippen molar-refractivity contribution in [3.8, 4) is 11.5 Å². The summed E-state index contributed by atoms with van der Waals surface area (Å²) in [5.41, 5.74) is 5.31. The lowest BCUT2D eigenvalue weighted by atomic mass is 10.0. The van der Waals surface area contributed by atoms with Gasteiger partial charge in [-0.15, -0.1) is 12.4 Å². The monoisotopic (exact) mass is 565 g/mol. The van der Waals surface area contributed by atoms with Crippen LogP contribution in [0.1, 0.15) is 43.0 Å². The molecule has 0 unspecified atom stereocenters. The molecular formula is C35H32ClNO4. The van der Waals surface area contributed by atoms with Crippen LogP contribution in [-0.2, 0) is 13.0 Å². The Hall–Kier alpha value is -4.45. The Bertz CT molecular complexity index is 1630. The highest BCUT2D eigenvalue weighted by atomic mass is 35.5. The molecule has 0 saturated carbocycles. The van der Waals surface area contributed by atoms with Gasteiger partial charge in [-0.1, -0.05) is 83.9 Å². The normalized spacial score (nSPS) is 10.6. The Kier molecular flexibility index (Phi) is 9.91. The van der Waals surface area contributed by atoms with E-state index in [9.17, 15) is 9.59 Å². The number of rotatable bonds is 9. The smallest absolute Gasteiger partial charge is 0.343 e. The molecule has 5 aromatic rings. The predicted octanol–water partition coefficient (Wildman–Crippen LogP) is 7.65. The van der Waals surface area contributed by atoms with E-state index in [1.54, 1.807) is 36.4 Å². The number of hydrogen-bond donors (Lipinski definition) is 1. The van der Waals surface area contributed by atoms with Crippen molar-refractivity contribution in [2.75, 3.05) is 6.54 Å². The van der Waals surface area contributed by atoms with Gasteiger partial charge >= 0.3 is 11.9 Å². The van der Waals surface area contributed by atoms with Crippen LogP contribution >= 0.6 is 12.4 Å². The minimum atomic E-state index is -0.520. The molecule has 0 aliphatic rings. The van der Waals surface area contributed by atoms with E-state index in [-0.39, 0.29) is 23.9 Å². The molecule has 0 heterocycles. The summed E-state index contributed by atoms with van der Waals surface area (Å²) in [5.74, 6) is -0.657. The molecule has 6 heteroatoms. The van der Waals surface area contributed by atoms with Crippen LogP contribution in [0.3, 0.4) is 0 Å². The van der Waals surface area contributed by atoms with E-state index in [2.05, 4.69) is 29.6 Å². The predicted molar refractivity (Wildman–Crippen MR) is 165 cm³/mol. The molecule has 0 fully saturated rings. The lowest BCUT2D eigenvalue weighted by Gasteiger charge is -2.13. The average Bonchev–Trinajstić information content (AvgIpc) is 2.97. The van der Waals surface area contributed by atoms with Gasteiger partial charge in [0, 0.05) is 6.54 Å². The van der Waals surface area contributed by atoms with Crippen molar-refractivity contribution in [2.45, 2.75) is 26.8 Å². The largest absolute Gasteiger partial charge is 0.419 e. The summed E-state index contributed by atoms with van der Waals surface area (Å²) in [7, 11) is 0. The fourth-order valence-corrected chi connectivity index (χ4v) is 4.38. The van der Waals surface area contributed by atoms with Crippen molar-refractivity contribution >= 4 is 35.1 Å². The van der Waals surface area contributed by atoms with Crippen molar-refractivity contribution in [1.29, 1.82) is 0 Å². The van der Waals surface area contributed by atoms with E-state index < -0.39 is 11.9 Å². The van der Waals surface area contributed by atoms with Crippen molar-refractivity contribution in [3.05, 3.63) is 143 Å². The van der Waals surface area contributed by atoms with Crippen molar-refractivity contribution in [3.63, 3.8) is 0 Å². The molecule has 1 N–H and O–H groups in total. The molecule has 5 nitrogen and oxygen atoms in total. The fourth-order valence-electron chi connectivity index (χ4n) is 4.38. The topological polar surface area (TPSA) is 64.6 Å². The molecule has 0 aromatic heterocycles. The van der Waals surface area contributed by atoms with Crippen LogP contribution in [0.2, 0.25) is 0 Å². The summed E-state index contributed by atoms with van der Waals surface area (Å²) < 4.78 is 11.6. The SMILES string of the molecule is Cc1ccc(C(=O)Oc2cc3ccc(CCNCc4ccccc4)cc3cc2OC(=O)c2ccc(C)cc2)cc1.Cl. The van der Waals surface area contributed by atoms with E-state index >= 15 is 0 Å². The second kappa shape index (κ2) is 13.8. The Labute approximate surface area is 246 Å². The quantitative estimate of drug-likeness (QED) is 0.113. The third-order valence-corrected chi connectivity index (χ3v) is 6.71. The van der Waals surface area contributed by atoms with Crippen LogP contribution < -0.4 is 14.8 Å². The zero-order valence-electron chi connectivity index (χ0n) is 23.1.